The molecule has 1 amide bonds. The molecule has 3 heterocycles. The zero-order chi connectivity index (χ0) is 21.2. The summed E-state index contributed by atoms with van der Waals surface area (Å²) < 4.78 is 6.99. The van der Waals surface area contributed by atoms with Crippen molar-refractivity contribution in [3.05, 3.63) is 71.7 Å². The molecule has 0 spiro atoms. The summed E-state index contributed by atoms with van der Waals surface area (Å²) >= 11 is 0. The largest absolute Gasteiger partial charge is 0.420 e. The van der Waals surface area contributed by atoms with Gasteiger partial charge in [0.2, 0.25) is 11.9 Å². The predicted molar refractivity (Wildman–Crippen MR) is 115 cm³/mol. The van der Waals surface area contributed by atoms with Crippen molar-refractivity contribution in [1.82, 2.24) is 19.5 Å². The number of fused-ring (bicyclic) bond motifs is 1. The van der Waals surface area contributed by atoms with Gasteiger partial charge in [0, 0.05) is 36.1 Å². The lowest BCUT2D eigenvalue weighted by molar-refractivity contribution is -0.121. The zero-order valence-electron chi connectivity index (χ0n) is 16.8. The number of rotatable bonds is 4. The molecule has 8 heteroatoms. The van der Waals surface area contributed by atoms with E-state index in [0.717, 1.165) is 29.5 Å². The maximum Gasteiger partial charge on any atom is 0.420 e. The van der Waals surface area contributed by atoms with Crippen molar-refractivity contribution in [2.24, 2.45) is 5.92 Å². The second-order valence-corrected chi connectivity index (χ2v) is 7.74. The minimum Gasteiger partial charge on any atom is -0.406 e. The van der Waals surface area contributed by atoms with Crippen molar-refractivity contribution < 1.29 is 9.21 Å². The SMILES string of the molecule is O=C(Nc1ncc(-c2ccccc2)cn1)C1CCC(n2c(=O)oc3cnccc32)CC1. The van der Waals surface area contributed by atoms with E-state index in [2.05, 4.69) is 20.3 Å². The van der Waals surface area contributed by atoms with Gasteiger partial charge in [-0.1, -0.05) is 30.3 Å². The molecule has 156 valence electrons. The van der Waals surface area contributed by atoms with Crippen molar-refractivity contribution >= 4 is 23.0 Å². The van der Waals surface area contributed by atoms with E-state index in [1.807, 2.05) is 30.3 Å². The molecular formula is C23H21N5O3. The highest BCUT2D eigenvalue weighted by Gasteiger charge is 2.29. The average Bonchev–Trinajstić information content (AvgIpc) is 3.16. The van der Waals surface area contributed by atoms with Crippen molar-refractivity contribution in [3.63, 3.8) is 0 Å². The minimum absolute atomic E-state index is 0.0154. The van der Waals surface area contributed by atoms with Crippen LogP contribution in [0.1, 0.15) is 31.7 Å². The topological polar surface area (TPSA) is 103 Å². The molecule has 0 unspecified atom stereocenters. The quantitative estimate of drug-likeness (QED) is 0.544. The molecule has 1 aromatic carbocycles. The first kappa shape index (κ1) is 19.2. The Morgan fingerprint density at radius 2 is 1.71 bits per heavy atom. The van der Waals surface area contributed by atoms with Crippen LogP contribution >= 0.6 is 0 Å². The van der Waals surface area contributed by atoms with E-state index in [0.29, 0.717) is 24.4 Å². The molecule has 1 N–H and O–H groups in total. The third-order valence-electron chi connectivity index (χ3n) is 5.84. The Bertz CT molecular complexity index is 1260. The van der Waals surface area contributed by atoms with Crippen LogP contribution in [0.4, 0.5) is 5.95 Å². The van der Waals surface area contributed by atoms with Crippen LogP contribution in [-0.4, -0.2) is 25.4 Å². The van der Waals surface area contributed by atoms with E-state index in [1.54, 1.807) is 35.4 Å². The maximum atomic E-state index is 12.7. The average molecular weight is 415 g/mol. The lowest BCUT2D eigenvalue weighted by atomic mass is 9.85. The number of hydrogen-bond donors (Lipinski definition) is 1. The Hall–Kier alpha value is -3.81. The molecule has 0 saturated heterocycles. The predicted octanol–water partition coefficient (Wildman–Crippen LogP) is 3.82. The number of carbonyl (C=O) groups is 1. The number of oxazole rings is 1. The van der Waals surface area contributed by atoms with E-state index < -0.39 is 0 Å². The number of anilines is 1. The molecule has 8 nitrogen and oxygen atoms in total. The van der Waals surface area contributed by atoms with Gasteiger partial charge in [0.25, 0.3) is 0 Å². The summed E-state index contributed by atoms with van der Waals surface area (Å²) in [6.45, 7) is 0. The molecule has 3 aromatic heterocycles. The summed E-state index contributed by atoms with van der Waals surface area (Å²) in [7, 11) is 0. The van der Waals surface area contributed by atoms with Crippen LogP contribution in [0.2, 0.25) is 0 Å². The monoisotopic (exact) mass is 415 g/mol. The van der Waals surface area contributed by atoms with Crippen LogP contribution in [0.25, 0.3) is 22.2 Å². The Balaban J connectivity index is 1.22. The third-order valence-corrected chi connectivity index (χ3v) is 5.84. The van der Waals surface area contributed by atoms with Crippen molar-refractivity contribution in [1.29, 1.82) is 0 Å². The fraction of sp³-hybridized carbons (Fsp3) is 0.261. The number of aromatic nitrogens is 4. The smallest absolute Gasteiger partial charge is 0.406 e. The van der Waals surface area contributed by atoms with Gasteiger partial charge in [-0.15, -0.1) is 0 Å². The molecule has 1 aliphatic carbocycles. The van der Waals surface area contributed by atoms with E-state index in [4.69, 9.17) is 4.42 Å². The number of amides is 1. The first-order valence-corrected chi connectivity index (χ1v) is 10.3. The van der Waals surface area contributed by atoms with Crippen LogP contribution in [0.15, 0.2) is 70.4 Å². The van der Waals surface area contributed by atoms with Crippen LogP contribution in [-0.2, 0) is 4.79 Å². The Labute approximate surface area is 178 Å². The van der Waals surface area contributed by atoms with Gasteiger partial charge in [0.05, 0.1) is 11.7 Å². The number of nitrogens with one attached hydrogen (secondary N) is 1. The molecule has 1 aliphatic rings. The van der Waals surface area contributed by atoms with Gasteiger partial charge in [-0.2, -0.15) is 0 Å². The summed E-state index contributed by atoms with van der Waals surface area (Å²) in [5.74, 6) is -0.289. The lowest BCUT2D eigenvalue weighted by Crippen LogP contribution is -2.30. The first-order chi connectivity index (χ1) is 15.2. The molecule has 0 bridgehead atoms. The van der Waals surface area contributed by atoms with E-state index >= 15 is 0 Å². The van der Waals surface area contributed by atoms with E-state index in [1.165, 1.54) is 0 Å². The third kappa shape index (κ3) is 3.84. The summed E-state index contributed by atoms with van der Waals surface area (Å²) in [6, 6.07) is 11.6. The van der Waals surface area contributed by atoms with Gasteiger partial charge >= 0.3 is 5.76 Å². The van der Waals surface area contributed by atoms with Crippen molar-refractivity contribution in [2.45, 2.75) is 31.7 Å². The molecule has 0 atom stereocenters. The number of pyridine rings is 1. The Kier molecular flexibility index (Phi) is 5.03. The molecule has 0 radical (unpaired) electrons. The standard InChI is InChI=1S/C23H21N5O3/c29-21(27-22-25-12-17(13-26-22)15-4-2-1-3-5-15)16-6-8-18(9-7-16)28-19-10-11-24-14-20(19)31-23(28)30/h1-5,10-14,16,18H,6-9H2,(H,25,26,27,29). The van der Waals surface area contributed by atoms with Gasteiger partial charge in [-0.05, 0) is 37.3 Å². The number of benzene rings is 1. The second-order valence-electron chi connectivity index (χ2n) is 7.74. The van der Waals surface area contributed by atoms with Gasteiger partial charge in [0.15, 0.2) is 5.58 Å². The van der Waals surface area contributed by atoms with Crippen LogP contribution < -0.4 is 11.1 Å². The fourth-order valence-corrected chi connectivity index (χ4v) is 4.22. The van der Waals surface area contributed by atoms with Crippen molar-refractivity contribution in [2.75, 3.05) is 5.32 Å². The molecule has 5 rings (SSSR count). The van der Waals surface area contributed by atoms with Crippen LogP contribution in [0.5, 0.6) is 0 Å². The van der Waals surface area contributed by atoms with Gasteiger partial charge in [-0.3, -0.25) is 19.7 Å². The summed E-state index contributed by atoms with van der Waals surface area (Å²) in [6.07, 6.45) is 9.43. The molecule has 1 saturated carbocycles. The summed E-state index contributed by atoms with van der Waals surface area (Å²) in [5, 5.41) is 2.82. The molecule has 31 heavy (non-hydrogen) atoms. The van der Waals surface area contributed by atoms with Crippen LogP contribution in [0, 0.1) is 5.92 Å². The Morgan fingerprint density at radius 3 is 2.45 bits per heavy atom. The number of nitrogens with zero attached hydrogens (tertiary/aromatic N) is 4. The van der Waals surface area contributed by atoms with Crippen molar-refractivity contribution in [3.8, 4) is 11.1 Å². The number of carbonyl (C=O) groups excluding carboxylic acids is 1. The highest BCUT2D eigenvalue weighted by Crippen LogP contribution is 2.33. The molecular weight excluding hydrogens is 394 g/mol. The Morgan fingerprint density at radius 1 is 0.968 bits per heavy atom. The lowest BCUT2D eigenvalue weighted by Gasteiger charge is -2.28. The summed E-state index contributed by atoms with van der Waals surface area (Å²) in [5.41, 5.74) is 3.16. The first-order valence-electron chi connectivity index (χ1n) is 10.3. The minimum atomic E-state index is -0.372. The molecule has 1 fully saturated rings. The van der Waals surface area contributed by atoms with Gasteiger partial charge in [-0.25, -0.2) is 14.8 Å². The van der Waals surface area contributed by atoms with Gasteiger partial charge < -0.3 is 4.42 Å². The molecule has 0 aliphatic heterocycles. The maximum absolute atomic E-state index is 12.7. The van der Waals surface area contributed by atoms with E-state index in [-0.39, 0.29) is 23.6 Å². The summed E-state index contributed by atoms with van der Waals surface area (Å²) in [4.78, 5) is 37.6. The zero-order valence-corrected chi connectivity index (χ0v) is 16.8. The highest BCUT2D eigenvalue weighted by atomic mass is 16.4. The van der Waals surface area contributed by atoms with Crippen LogP contribution in [0.3, 0.4) is 0 Å². The van der Waals surface area contributed by atoms with Gasteiger partial charge in [0.1, 0.15) is 0 Å². The molecule has 4 aromatic rings. The van der Waals surface area contributed by atoms with E-state index in [9.17, 15) is 9.59 Å². The second kappa shape index (κ2) is 8.14. The highest BCUT2D eigenvalue weighted by molar-refractivity contribution is 5.91. The normalized spacial score (nSPS) is 18.7. The number of hydrogen-bond acceptors (Lipinski definition) is 6. The fourth-order valence-electron chi connectivity index (χ4n) is 4.22.